The van der Waals surface area contributed by atoms with Crippen molar-refractivity contribution in [2.24, 2.45) is 5.84 Å². The molecule has 1 amide bonds. The number of hydrazine groups is 1. The van der Waals surface area contributed by atoms with Crippen molar-refractivity contribution in [2.45, 2.75) is 27.3 Å². The lowest BCUT2D eigenvalue weighted by Crippen LogP contribution is -2.30. The van der Waals surface area contributed by atoms with Crippen LogP contribution in [0.4, 0.5) is 5.69 Å². The van der Waals surface area contributed by atoms with Crippen molar-refractivity contribution in [3.8, 4) is 0 Å². The molecule has 0 aliphatic heterocycles. The van der Waals surface area contributed by atoms with Gasteiger partial charge in [0.05, 0.1) is 12.1 Å². The Morgan fingerprint density at radius 1 is 1.19 bits per heavy atom. The predicted octanol–water partition coefficient (Wildman–Crippen LogP) is 2.44. The number of hydrogen-bond acceptors (Lipinski definition) is 4. The number of amides is 1. The second-order valence-corrected chi connectivity index (χ2v) is 5.36. The van der Waals surface area contributed by atoms with E-state index in [1.807, 2.05) is 7.05 Å². The van der Waals surface area contributed by atoms with E-state index in [1.54, 1.807) is 13.0 Å². The molecule has 5 nitrogen and oxygen atoms in total. The van der Waals surface area contributed by atoms with Crippen LogP contribution in [-0.2, 0) is 6.54 Å². The Hall–Kier alpha value is -2.27. The van der Waals surface area contributed by atoms with Gasteiger partial charge in [-0.2, -0.15) is 0 Å². The van der Waals surface area contributed by atoms with E-state index in [2.05, 4.69) is 42.4 Å². The molecule has 1 aromatic carbocycles. The summed E-state index contributed by atoms with van der Waals surface area (Å²) < 4.78 is 5.63. The molecule has 3 N–H and O–H groups in total. The third-order valence-corrected chi connectivity index (χ3v) is 3.38. The number of nitrogens with zero attached hydrogens (tertiary/aromatic N) is 1. The first kappa shape index (κ1) is 15.1. The van der Waals surface area contributed by atoms with Gasteiger partial charge in [0.15, 0.2) is 0 Å². The largest absolute Gasteiger partial charge is 0.464 e. The van der Waals surface area contributed by atoms with E-state index in [9.17, 15) is 4.79 Å². The lowest BCUT2D eigenvalue weighted by Gasteiger charge is -2.19. The van der Waals surface area contributed by atoms with Crippen LogP contribution in [0.15, 0.2) is 28.7 Å². The molecule has 0 spiro atoms. The van der Waals surface area contributed by atoms with E-state index in [4.69, 9.17) is 10.3 Å². The molecular weight excluding hydrogens is 266 g/mol. The fourth-order valence-corrected chi connectivity index (χ4v) is 2.42. The topological polar surface area (TPSA) is 71.5 Å². The minimum absolute atomic E-state index is 0.337. The zero-order chi connectivity index (χ0) is 15.6. The van der Waals surface area contributed by atoms with Crippen molar-refractivity contribution in [1.29, 1.82) is 0 Å². The van der Waals surface area contributed by atoms with E-state index >= 15 is 0 Å². The highest BCUT2D eigenvalue weighted by molar-refractivity contribution is 5.94. The van der Waals surface area contributed by atoms with Crippen LogP contribution in [0.1, 0.15) is 33.0 Å². The quantitative estimate of drug-likeness (QED) is 0.515. The molecule has 112 valence electrons. The number of hydrogen-bond donors (Lipinski definition) is 2. The Bertz CT molecular complexity index is 641. The summed E-state index contributed by atoms with van der Waals surface area (Å²) >= 11 is 0. The molecule has 0 bridgehead atoms. The van der Waals surface area contributed by atoms with Crippen LogP contribution < -0.4 is 16.2 Å². The lowest BCUT2D eigenvalue weighted by molar-refractivity contribution is 0.0952. The first-order valence-electron chi connectivity index (χ1n) is 6.80. The molecule has 1 heterocycles. The Morgan fingerprint density at radius 2 is 1.81 bits per heavy atom. The highest BCUT2D eigenvalue weighted by Gasteiger charge is 2.15. The lowest BCUT2D eigenvalue weighted by atomic mass is 10.1. The fraction of sp³-hybridized carbons (Fsp3) is 0.312. The van der Waals surface area contributed by atoms with Gasteiger partial charge in [-0.3, -0.25) is 10.2 Å². The molecule has 0 aliphatic rings. The number of carbonyl (C=O) groups is 1. The van der Waals surface area contributed by atoms with Gasteiger partial charge in [-0.15, -0.1) is 0 Å². The smallest absolute Gasteiger partial charge is 0.268 e. The molecular formula is C16H21N3O2. The molecule has 5 heteroatoms. The van der Waals surface area contributed by atoms with Crippen LogP contribution in [0.5, 0.6) is 0 Å². The van der Waals surface area contributed by atoms with Crippen molar-refractivity contribution in [2.75, 3.05) is 11.9 Å². The Morgan fingerprint density at radius 3 is 2.38 bits per heavy atom. The fourth-order valence-electron chi connectivity index (χ4n) is 2.42. The van der Waals surface area contributed by atoms with Crippen molar-refractivity contribution in [1.82, 2.24) is 5.43 Å². The van der Waals surface area contributed by atoms with Gasteiger partial charge in [0.2, 0.25) is 0 Å². The second kappa shape index (κ2) is 6.01. The second-order valence-electron chi connectivity index (χ2n) is 5.36. The van der Waals surface area contributed by atoms with Gasteiger partial charge in [0.25, 0.3) is 5.91 Å². The molecule has 0 unspecified atom stereocenters. The maximum Gasteiger partial charge on any atom is 0.268 e. The average molecular weight is 287 g/mol. The maximum atomic E-state index is 11.6. The third-order valence-electron chi connectivity index (χ3n) is 3.38. The van der Waals surface area contributed by atoms with Gasteiger partial charge in [-0.25, -0.2) is 5.84 Å². The van der Waals surface area contributed by atoms with Crippen LogP contribution in [0, 0.1) is 20.8 Å². The number of benzene rings is 1. The van der Waals surface area contributed by atoms with Gasteiger partial charge in [0.1, 0.15) is 11.5 Å². The number of nitrogens with two attached hydrogens (primary N) is 1. The van der Waals surface area contributed by atoms with E-state index in [0.717, 1.165) is 11.4 Å². The van der Waals surface area contributed by atoms with E-state index < -0.39 is 0 Å². The monoisotopic (exact) mass is 287 g/mol. The molecule has 2 aromatic rings. The van der Waals surface area contributed by atoms with Gasteiger partial charge in [-0.1, -0.05) is 6.07 Å². The summed E-state index contributed by atoms with van der Waals surface area (Å²) in [7, 11) is 1.99. The molecule has 0 radical (unpaired) electrons. The molecule has 0 fully saturated rings. The summed E-state index contributed by atoms with van der Waals surface area (Å²) in [6.07, 6.45) is 0. The van der Waals surface area contributed by atoms with Crippen molar-refractivity contribution >= 4 is 11.6 Å². The molecule has 21 heavy (non-hydrogen) atoms. The van der Waals surface area contributed by atoms with Crippen molar-refractivity contribution < 1.29 is 9.21 Å². The number of aryl methyl sites for hydroxylation is 3. The van der Waals surface area contributed by atoms with E-state index in [0.29, 0.717) is 17.9 Å². The van der Waals surface area contributed by atoms with Gasteiger partial charge in [0, 0.05) is 12.7 Å². The normalized spacial score (nSPS) is 10.5. The summed E-state index contributed by atoms with van der Waals surface area (Å²) in [6.45, 7) is 6.49. The SMILES string of the molecule is Cc1cc(C)cc(N(C)Cc2cc(C(=O)NN)c(C)o2)c1. The highest BCUT2D eigenvalue weighted by Crippen LogP contribution is 2.21. The van der Waals surface area contributed by atoms with Crippen LogP contribution in [0.25, 0.3) is 0 Å². The number of furan rings is 1. The summed E-state index contributed by atoms with van der Waals surface area (Å²) in [5.74, 6) is 6.12. The molecule has 2 rings (SSSR count). The Labute approximate surface area is 124 Å². The third kappa shape index (κ3) is 3.44. The Kier molecular flexibility index (Phi) is 4.33. The molecule has 0 atom stereocenters. The van der Waals surface area contributed by atoms with Crippen LogP contribution >= 0.6 is 0 Å². The van der Waals surface area contributed by atoms with E-state index in [1.165, 1.54) is 11.1 Å². The highest BCUT2D eigenvalue weighted by atomic mass is 16.3. The number of nitrogens with one attached hydrogen (secondary N) is 1. The van der Waals surface area contributed by atoms with Crippen LogP contribution in [-0.4, -0.2) is 13.0 Å². The predicted molar refractivity (Wildman–Crippen MR) is 83.1 cm³/mol. The molecule has 0 saturated carbocycles. The van der Waals surface area contributed by atoms with Gasteiger partial charge >= 0.3 is 0 Å². The number of rotatable bonds is 4. The standard InChI is InChI=1S/C16H21N3O2/c1-10-5-11(2)7-13(6-10)19(4)9-14-8-15(12(3)21-14)16(20)18-17/h5-8H,9,17H2,1-4H3,(H,18,20). The zero-order valence-electron chi connectivity index (χ0n) is 12.9. The van der Waals surface area contributed by atoms with Crippen LogP contribution in [0.3, 0.4) is 0 Å². The molecule has 0 aliphatic carbocycles. The van der Waals surface area contributed by atoms with Crippen molar-refractivity contribution in [3.05, 3.63) is 52.5 Å². The van der Waals surface area contributed by atoms with E-state index in [-0.39, 0.29) is 5.91 Å². The first-order chi connectivity index (χ1) is 9.90. The summed E-state index contributed by atoms with van der Waals surface area (Å²) in [4.78, 5) is 13.7. The Balaban J connectivity index is 2.19. The minimum atomic E-state index is -0.337. The number of nitrogen functional groups attached to an aromatic ring is 1. The van der Waals surface area contributed by atoms with Gasteiger partial charge < -0.3 is 9.32 Å². The number of anilines is 1. The summed E-state index contributed by atoms with van der Waals surface area (Å²) in [6, 6.07) is 8.11. The minimum Gasteiger partial charge on any atom is -0.464 e. The first-order valence-corrected chi connectivity index (χ1v) is 6.80. The number of carbonyl (C=O) groups excluding carboxylic acids is 1. The summed E-state index contributed by atoms with van der Waals surface area (Å²) in [5.41, 5.74) is 6.15. The average Bonchev–Trinajstić information content (AvgIpc) is 2.77. The van der Waals surface area contributed by atoms with Crippen molar-refractivity contribution in [3.63, 3.8) is 0 Å². The summed E-state index contributed by atoms with van der Waals surface area (Å²) in [5, 5.41) is 0. The zero-order valence-corrected chi connectivity index (χ0v) is 12.9. The van der Waals surface area contributed by atoms with Crippen LogP contribution in [0.2, 0.25) is 0 Å². The van der Waals surface area contributed by atoms with Gasteiger partial charge in [-0.05, 0) is 50.1 Å². The maximum absolute atomic E-state index is 11.6. The molecule has 0 saturated heterocycles. The molecule has 1 aromatic heterocycles.